The minimum absolute atomic E-state index is 0.300. The third-order valence-electron chi connectivity index (χ3n) is 2.42. The Morgan fingerprint density at radius 3 is 1.85 bits per heavy atom. The molecule has 3 nitrogen and oxygen atoms in total. The smallest absolute Gasteiger partial charge is 0.361 e. The third kappa shape index (κ3) is 5.32. The number of halogens is 5. The number of nitrogens with one attached hydrogen (secondary N) is 1. The monoisotopic (exact) mass is 305 g/mol. The van der Waals surface area contributed by atoms with Crippen molar-refractivity contribution in [3.05, 3.63) is 0 Å². The second kappa shape index (κ2) is 6.34. The van der Waals surface area contributed by atoms with Crippen LogP contribution < -0.4 is 5.32 Å². The second-order valence-electron chi connectivity index (χ2n) is 5.76. The molecule has 0 aromatic rings. The van der Waals surface area contributed by atoms with E-state index in [0.29, 0.717) is 0 Å². The van der Waals surface area contributed by atoms with Crippen LogP contribution in [-0.2, 0) is 9.53 Å². The van der Waals surface area contributed by atoms with Gasteiger partial charge in [0.1, 0.15) is 0 Å². The van der Waals surface area contributed by atoms with E-state index < -0.39 is 35.4 Å². The summed E-state index contributed by atoms with van der Waals surface area (Å²) in [6.45, 7) is 7.51. The van der Waals surface area contributed by atoms with Gasteiger partial charge in [-0.05, 0) is 26.7 Å². The second-order valence-corrected chi connectivity index (χ2v) is 5.76. The Kier molecular flexibility index (Phi) is 6.10. The Hall–Kier alpha value is -0.760. The van der Waals surface area contributed by atoms with E-state index in [1.54, 1.807) is 20.8 Å². The zero-order chi connectivity index (χ0) is 16.4. The zero-order valence-corrected chi connectivity index (χ0v) is 12.1. The zero-order valence-electron chi connectivity index (χ0n) is 12.1. The van der Waals surface area contributed by atoms with Gasteiger partial charge in [-0.2, -0.15) is 22.0 Å². The minimum atomic E-state index is -5.90. The number of carbonyl (C=O) groups is 1. The summed E-state index contributed by atoms with van der Waals surface area (Å²) in [5.74, 6) is -8.31. The van der Waals surface area contributed by atoms with E-state index in [1.165, 1.54) is 13.8 Å². The number of carbonyl (C=O) groups excluding carboxylic acids is 1. The largest absolute Gasteiger partial charge is 0.461 e. The van der Waals surface area contributed by atoms with Gasteiger partial charge >= 0.3 is 12.1 Å². The van der Waals surface area contributed by atoms with E-state index >= 15 is 0 Å². The molecule has 0 rings (SSSR count). The summed E-state index contributed by atoms with van der Waals surface area (Å²) in [4.78, 5) is 11.4. The number of Topliss-reactive ketones (excluding diaryl/α,β-unsaturated/α-hetero) is 1. The molecular weight excluding hydrogens is 285 g/mol. The number of hydrogen-bond acceptors (Lipinski definition) is 3. The van der Waals surface area contributed by atoms with Crippen LogP contribution in [0.1, 0.15) is 34.6 Å². The molecule has 0 aromatic heterocycles. The lowest BCUT2D eigenvalue weighted by molar-refractivity contribution is -0.270. The quantitative estimate of drug-likeness (QED) is 0.605. The SMILES string of the molecule is CC(C)C(NCOC(C)(C)C)C(=O)C(F)(F)C(F)(F)F. The first-order valence-electron chi connectivity index (χ1n) is 6.06. The Labute approximate surface area is 114 Å². The van der Waals surface area contributed by atoms with Crippen molar-refractivity contribution in [1.29, 1.82) is 0 Å². The van der Waals surface area contributed by atoms with E-state index in [1.807, 2.05) is 0 Å². The van der Waals surface area contributed by atoms with E-state index in [9.17, 15) is 26.7 Å². The summed E-state index contributed by atoms with van der Waals surface area (Å²) in [6.07, 6.45) is -5.90. The normalized spacial score (nSPS) is 15.6. The minimum Gasteiger partial charge on any atom is -0.361 e. The van der Waals surface area contributed by atoms with Crippen molar-refractivity contribution in [1.82, 2.24) is 5.32 Å². The molecule has 8 heteroatoms. The number of ketones is 1. The van der Waals surface area contributed by atoms with E-state index in [-0.39, 0.29) is 6.73 Å². The van der Waals surface area contributed by atoms with Gasteiger partial charge in [0, 0.05) is 0 Å². The topological polar surface area (TPSA) is 38.3 Å². The summed E-state index contributed by atoms with van der Waals surface area (Å²) in [6, 6.07) is -1.64. The Bertz CT molecular complexity index is 334. The lowest BCUT2D eigenvalue weighted by Gasteiger charge is -2.28. The first-order chi connectivity index (χ1) is 8.70. The maximum absolute atomic E-state index is 13.0. The molecule has 0 heterocycles. The summed E-state index contributed by atoms with van der Waals surface area (Å²) in [5, 5.41) is 2.30. The van der Waals surface area contributed by atoms with Gasteiger partial charge < -0.3 is 4.74 Å². The maximum Gasteiger partial charge on any atom is 0.461 e. The molecule has 0 spiro atoms. The average molecular weight is 305 g/mol. The van der Waals surface area contributed by atoms with Gasteiger partial charge in [-0.3, -0.25) is 10.1 Å². The van der Waals surface area contributed by atoms with Crippen molar-refractivity contribution in [2.45, 2.75) is 58.4 Å². The highest BCUT2D eigenvalue weighted by molar-refractivity contribution is 5.91. The van der Waals surface area contributed by atoms with Gasteiger partial charge in [0.05, 0.1) is 18.4 Å². The number of rotatable bonds is 6. The molecule has 20 heavy (non-hydrogen) atoms. The third-order valence-corrected chi connectivity index (χ3v) is 2.42. The van der Waals surface area contributed by atoms with Gasteiger partial charge in [-0.25, -0.2) is 0 Å². The highest BCUT2D eigenvalue weighted by atomic mass is 19.4. The number of alkyl halides is 5. The standard InChI is InChI=1S/C12H20F5NO2/c1-7(2)8(18-6-20-10(3,4)5)9(19)11(13,14)12(15,16)17/h7-8,18H,6H2,1-5H3. The van der Waals surface area contributed by atoms with Crippen molar-refractivity contribution >= 4 is 5.78 Å². The molecule has 0 aromatic carbocycles. The van der Waals surface area contributed by atoms with Crippen LogP contribution >= 0.6 is 0 Å². The van der Waals surface area contributed by atoms with E-state index in [4.69, 9.17) is 4.74 Å². The molecule has 120 valence electrons. The molecule has 1 atom stereocenters. The van der Waals surface area contributed by atoms with Crippen LogP contribution in [0.25, 0.3) is 0 Å². The molecule has 0 saturated carbocycles. The summed E-state index contributed by atoms with van der Waals surface area (Å²) < 4.78 is 67.8. The van der Waals surface area contributed by atoms with Crippen molar-refractivity contribution in [2.75, 3.05) is 6.73 Å². The summed E-state index contributed by atoms with van der Waals surface area (Å²) in [5.41, 5.74) is -0.607. The molecule has 0 aliphatic heterocycles. The lowest BCUT2D eigenvalue weighted by atomic mass is 9.96. The number of hydrogen-bond donors (Lipinski definition) is 1. The van der Waals surface area contributed by atoms with Crippen LogP contribution in [-0.4, -0.2) is 36.3 Å². The van der Waals surface area contributed by atoms with E-state index in [2.05, 4.69) is 5.32 Å². The molecule has 0 saturated heterocycles. The predicted molar refractivity (Wildman–Crippen MR) is 63.5 cm³/mol. The van der Waals surface area contributed by atoms with Crippen LogP contribution in [0.2, 0.25) is 0 Å². The van der Waals surface area contributed by atoms with Crippen LogP contribution in [0.3, 0.4) is 0 Å². The predicted octanol–water partition coefficient (Wildman–Crippen LogP) is 3.14. The van der Waals surface area contributed by atoms with Crippen molar-refractivity contribution in [3.8, 4) is 0 Å². The molecule has 0 aliphatic carbocycles. The molecule has 1 unspecified atom stereocenters. The van der Waals surface area contributed by atoms with Crippen LogP contribution in [0.4, 0.5) is 22.0 Å². The molecule has 0 fully saturated rings. The Morgan fingerprint density at radius 1 is 1.10 bits per heavy atom. The molecule has 0 amide bonds. The van der Waals surface area contributed by atoms with Gasteiger partial charge in [-0.1, -0.05) is 13.8 Å². The van der Waals surface area contributed by atoms with Crippen LogP contribution in [0.15, 0.2) is 0 Å². The highest BCUT2D eigenvalue weighted by Gasteiger charge is 2.64. The lowest BCUT2D eigenvalue weighted by Crippen LogP contribution is -2.55. The Morgan fingerprint density at radius 2 is 1.55 bits per heavy atom. The molecule has 0 bridgehead atoms. The fourth-order valence-corrected chi connectivity index (χ4v) is 1.31. The summed E-state index contributed by atoms with van der Waals surface area (Å²) >= 11 is 0. The molecule has 0 aliphatic rings. The molecule has 0 radical (unpaired) electrons. The fraction of sp³-hybridized carbons (Fsp3) is 0.917. The summed E-state index contributed by atoms with van der Waals surface area (Å²) in [7, 11) is 0. The van der Waals surface area contributed by atoms with Gasteiger partial charge in [-0.15, -0.1) is 0 Å². The maximum atomic E-state index is 13.0. The van der Waals surface area contributed by atoms with Crippen LogP contribution in [0.5, 0.6) is 0 Å². The highest BCUT2D eigenvalue weighted by Crippen LogP contribution is 2.37. The first kappa shape index (κ1) is 19.2. The van der Waals surface area contributed by atoms with Gasteiger partial charge in [0.2, 0.25) is 5.78 Å². The first-order valence-corrected chi connectivity index (χ1v) is 6.06. The molecular formula is C12H20F5NO2. The van der Waals surface area contributed by atoms with Gasteiger partial charge in [0.15, 0.2) is 0 Å². The van der Waals surface area contributed by atoms with E-state index in [0.717, 1.165) is 0 Å². The van der Waals surface area contributed by atoms with Gasteiger partial charge in [0.25, 0.3) is 0 Å². The van der Waals surface area contributed by atoms with Crippen LogP contribution in [0, 0.1) is 5.92 Å². The van der Waals surface area contributed by atoms with Crippen molar-refractivity contribution in [2.24, 2.45) is 5.92 Å². The van der Waals surface area contributed by atoms with Crippen molar-refractivity contribution in [3.63, 3.8) is 0 Å². The van der Waals surface area contributed by atoms with Crippen molar-refractivity contribution < 1.29 is 31.5 Å². The Balaban J connectivity index is 4.90. The number of ether oxygens (including phenoxy) is 1. The average Bonchev–Trinajstić information content (AvgIpc) is 2.19. The fourth-order valence-electron chi connectivity index (χ4n) is 1.31. The molecule has 1 N–H and O–H groups in total.